The van der Waals surface area contributed by atoms with Crippen LogP contribution in [0.4, 0.5) is 11.4 Å². The van der Waals surface area contributed by atoms with Gasteiger partial charge >= 0.3 is 0 Å². The van der Waals surface area contributed by atoms with E-state index >= 15 is 0 Å². The summed E-state index contributed by atoms with van der Waals surface area (Å²) in [6, 6.07) is 5.29. The van der Waals surface area contributed by atoms with Crippen LogP contribution in [0.5, 0.6) is 0 Å². The van der Waals surface area contributed by atoms with Crippen molar-refractivity contribution in [3.05, 3.63) is 33.9 Å². The minimum atomic E-state index is -0.326. The Morgan fingerprint density at radius 3 is 2.93 bits per heavy atom. The lowest BCUT2D eigenvalue weighted by Crippen LogP contribution is -2.22. The van der Waals surface area contributed by atoms with Crippen LogP contribution in [0.2, 0.25) is 0 Å². The van der Waals surface area contributed by atoms with Crippen molar-refractivity contribution in [1.29, 1.82) is 0 Å². The first-order valence-corrected chi connectivity index (χ1v) is 5.10. The van der Waals surface area contributed by atoms with Gasteiger partial charge in [-0.3, -0.25) is 10.1 Å². The minimum Gasteiger partial charge on any atom is -0.378 e. The van der Waals surface area contributed by atoms with E-state index in [9.17, 15) is 10.1 Å². The molecule has 15 heavy (non-hydrogen) atoms. The first-order valence-electron chi connectivity index (χ1n) is 5.10. The van der Waals surface area contributed by atoms with Crippen molar-refractivity contribution < 1.29 is 4.92 Å². The highest BCUT2D eigenvalue weighted by Crippen LogP contribution is 2.43. The third-order valence-corrected chi connectivity index (χ3v) is 3.33. The SMILES string of the molecule is CCC1(C)CNc2c([N+](=O)[O-])cccc21. The van der Waals surface area contributed by atoms with Gasteiger partial charge in [-0.25, -0.2) is 0 Å². The number of fused-ring (bicyclic) bond motifs is 1. The van der Waals surface area contributed by atoms with Crippen molar-refractivity contribution in [2.45, 2.75) is 25.7 Å². The van der Waals surface area contributed by atoms with E-state index in [1.807, 2.05) is 6.07 Å². The molecule has 2 rings (SSSR count). The number of nitro groups is 1. The average molecular weight is 206 g/mol. The molecule has 0 spiro atoms. The van der Waals surface area contributed by atoms with Gasteiger partial charge in [0.15, 0.2) is 0 Å². The summed E-state index contributed by atoms with van der Waals surface area (Å²) in [5, 5.41) is 14.0. The Balaban J connectivity index is 2.57. The minimum absolute atomic E-state index is 0.0291. The number of nitrogens with one attached hydrogen (secondary N) is 1. The smallest absolute Gasteiger partial charge is 0.292 e. The lowest BCUT2D eigenvalue weighted by Gasteiger charge is -2.21. The zero-order valence-corrected chi connectivity index (χ0v) is 8.91. The molecule has 1 heterocycles. The summed E-state index contributed by atoms with van der Waals surface area (Å²) in [6.45, 7) is 5.02. The first-order chi connectivity index (χ1) is 7.08. The van der Waals surface area contributed by atoms with Crippen molar-refractivity contribution in [1.82, 2.24) is 0 Å². The van der Waals surface area contributed by atoms with Crippen molar-refractivity contribution in [2.24, 2.45) is 0 Å². The molecule has 0 fully saturated rings. The van der Waals surface area contributed by atoms with Gasteiger partial charge in [0, 0.05) is 18.0 Å². The van der Waals surface area contributed by atoms with Gasteiger partial charge in [-0.2, -0.15) is 0 Å². The molecule has 0 radical (unpaired) electrons. The molecule has 0 aromatic heterocycles. The van der Waals surface area contributed by atoms with E-state index in [0.717, 1.165) is 18.5 Å². The molecule has 4 heteroatoms. The van der Waals surface area contributed by atoms with Crippen LogP contribution in [-0.4, -0.2) is 11.5 Å². The van der Waals surface area contributed by atoms with Crippen LogP contribution in [0.15, 0.2) is 18.2 Å². The highest BCUT2D eigenvalue weighted by Gasteiger charge is 2.36. The Morgan fingerprint density at radius 2 is 2.33 bits per heavy atom. The van der Waals surface area contributed by atoms with Crippen LogP contribution in [0, 0.1) is 10.1 Å². The van der Waals surface area contributed by atoms with Gasteiger partial charge in [0.2, 0.25) is 0 Å². The summed E-state index contributed by atoms with van der Waals surface area (Å²) in [7, 11) is 0. The Labute approximate surface area is 88.5 Å². The maximum Gasteiger partial charge on any atom is 0.292 e. The van der Waals surface area contributed by atoms with E-state index in [1.165, 1.54) is 0 Å². The summed E-state index contributed by atoms with van der Waals surface area (Å²) in [5.74, 6) is 0. The van der Waals surface area contributed by atoms with E-state index in [-0.39, 0.29) is 16.0 Å². The summed E-state index contributed by atoms with van der Waals surface area (Å²) in [5.41, 5.74) is 1.98. The molecule has 0 saturated heterocycles. The van der Waals surface area contributed by atoms with Crippen molar-refractivity contribution in [3.8, 4) is 0 Å². The van der Waals surface area contributed by atoms with E-state index in [1.54, 1.807) is 12.1 Å². The fourth-order valence-corrected chi connectivity index (χ4v) is 2.08. The number of anilines is 1. The molecule has 80 valence electrons. The first kappa shape index (κ1) is 9.96. The topological polar surface area (TPSA) is 55.2 Å². The summed E-state index contributed by atoms with van der Waals surface area (Å²) in [6.07, 6.45) is 0.980. The summed E-state index contributed by atoms with van der Waals surface area (Å²) in [4.78, 5) is 10.5. The number of para-hydroxylation sites is 1. The van der Waals surface area contributed by atoms with Crippen LogP contribution in [-0.2, 0) is 5.41 Å². The van der Waals surface area contributed by atoms with Gasteiger partial charge in [-0.1, -0.05) is 26.0 Å². The van der Waals surface area contributed by atoms with Gasteiger partial charge in [0.1, 0.15) is 5.69 Å². The number of hydrogen-bond acceptors (Lipinski definition) is 3. The highest BCUT2D eigenvalue weighted by atomic mass is 16.6. The zero-order chi connectivity index (χ0) is 11.1. The normalized spacial score (nSPS) is 23.3. The van der Waals surface area contributed by atoms with E-state index in [0.29, 0.717) is 5.69 Å². The lowest BCUT2D eigenvalue weighted by atomic mass is 9.82. The predicted molar refractivity (Wildman–Crippen MR) is 59.2 cm³/mol. The molecular formula is C11H14N2O2. The van der Waals surface area contributed by atoms with Crippen molar-refractivity contribution >= 4 is 11.4 Å². The number of rotatable bonds is 2. The molecule has 0 bridgehead atoms. The predicted octanol–water partition coefficient (Wildman–Crippen LogP) is 2.69. The largest absolute Gasteiger partial charge is 0.378 e. The molecule has 1 aromatic carbocycles. The molecule has 1 aliphatic rings. The molecular weight excluding hydrogens is 192 g/mol. The van der Waals surface area contributed by atoms with Crippen LogP contribution in [0.25, 0.3) is 0 Å². The molecule has 0 saturated carbocycles. The maximum atomic E-state index is 10.8. The molecule has 1 unspecified atom stereocenters. The Morgan fingerprint density at radius 1 is 1.60 bits per heavy atom. The van der Waals surface area contributed by atoms with Crippen LogP contribution < -0.4 is 5.32 Å². The highest BCUT2D eigenvalue weighted by molar-refractivity contribution is 5.71. The Kier molecular flexibility index (Phi) is 2.14. The molecule has 4 nitrogen and oxygen atoms in total. The average Bonchev–Trinajstić information content (AvgIpc) is 2.57. The fourth-order valence-electron chi connectivity index (χ4n) is 2.08. The lowest BCUT2D eigenvalue weighted by molar-refractivity contribution is -0.383. The Bertz CT molecular complexity index is 417. The van der Waals surface area contributed by atoms with E-state index in [4.69, 9.17) is 0 Å². The fraction of sp³-hybridized carbons (Fsp3) is 0.455. The molecule has 1 aliphatic heterocycles. The van der Waals surface area contributed by atoms with E-state index < -0.39 is 0 Å². The van der Waals surface area contributed by atoms with Gasteiger partial charge in [0.05, 0.1) is 4.92 Å². The third kappa shape index (κ3) is 1.37. The quantitative estimate of drug-likeness (QED) is 0.597. The summed E-state index contributed by atoms with van der Waals surface area (Å²) >= 11 is 0. The van der Waals surface area contributed by atoms with Crippen LogP contribution >= 0.6 is 0 Å². The van der Waals surface area contributed by atoms with Gasteiger partial charge in [-0.05, 0) is 12.0 Å². The van der Waals surface area contributed by atoms with Crippen molar-refractivity contribution in [3.63, 3.8) is 0 Å². The second kappa shape index (κ2) is 3.22. The number of nitro benzene ring substituents is 1. The van der Waals surface area contributed by atoms with Crippen molar-refractivity contribution in [2.75, 3.05) is 11.9 Å². The second-order valence-corrected chi connectivity index (χ2v) is 4.22. The standard InChI is InChI=1S/C11H14N2O2/c1-3-11(2)7-12-10-8(11)5-4-6-9(10)13(14)15/h4-6,12H,3,7H2,1-2H3. The van der Waals surface area contributed by atoms with Gasteiger partial charge in [-0.15, -0.1) is 0 Å². The van der Waals surface area contributed by atoms with E-state index in [2.05, 4.69) is 19.2 Å². The number of hydrogen-bond donors (Lipinski definition) is 1. The number of benzene rings is 1. The molecule has 1 atom stereocenters. The van der Waals surface area contributed by atoms with Gasteiger partial charge < -0.3 is 5.32 Å². The zero-order valence-electron chi connectivity index (χ0n) is 8.91. The van der Waals surface area contributed by atoms with Gasteiger partial charge in [0.25, 0.3) is 5.69 Å². The maximum absolute atomic E-state index is 10.8. The number of nitrogens with zero attached hydrogens (tertiary/aromatic N) is 1. The van der Waals surface area contributed by atoms with Crippen LogP contribution in [0.1, 0.15) is 25.8 Å². The van der Waals surface area contributed by atoms with Crippen LogP contribution in [0.3, 0.4) is 0 Å². The summed E-state index contributed by atoms with van der Waals surface area (Å²) < 4.78 is 0. The monoisotopic (exact) mass is 206 g/mol. The molecule has 0 amide bonds. The second-order valence-electron chi connectivity index (χ2n) is 4.22. The molecule has 0 aliphatic carbocycles. The Hall–Kier alpha value is -1.58. The molecule has 1 aromatic rings. The molecule has 1 N–H and O–H groups in total. The third-order valence-electron chi connectivity index (χ3n) is 3.33.